The minimum Gasteiger partial charge on any atom is -0.280 e. The first kappa shape index (κ1) is 10.5. The topological polar surface area (TPSA) is 17.1 Å². The van der Waals surface area contributed by atoms with Gasteiger partial charge in [-0.2, -0.15) is 0 Å². The van der Waals surface area contributed by atoms with E-state index in [1.807, 2.05) is 0 Å². The molecule has 0 aromatic carbocycles. The lowest BCUT2D eigenvalue weighted by Crippen LogP contribution is -1.99. The largest absolute Gasteiger partial charge is 0.280 e. The van der Waals surface area contributed by atoms with Gasteiger partial charge in [-0.15, -0.1) is 24.0 Å². The Bertz CT molecular complexity index is 61.2. The summed E-state index contributed by atoms with van der Waals surface area (Å²) in [6.45, 7) is 1.52. The summed E-state index contributed by atoms with van der Waals surface area (Å²) in [7, 11) is 0. The van der Waals surface area contributed by atoms with Crippen molar-refractivity contribution < 1.29 is 4.79 Å². The maximum atomic E-state index is 9.78. The van der Waals surface area contributed by atoms with Crippen LogP contribution in [-0.2, 0) is 4.79 Å². The summed E-state index contributed by atoms with van der Waals surface area (Å²) < 4.78 is 0. The molecule has 1 atom stereocenters. The molecule has 0 saturated heterocycles. The third-order valence-corrected chi connectivity index (χ3v) is 0.950. The first-order chi connectivity index (χ1) is 2.64. The monoisotopic (exact) mass is 162 g/mol. The Morgan fingerprint density at radius 2 is 1.86 bits per heavy atom. The Morgan fingerprint density at radius 3 is 1.86 bits per heavy atom. The van der Waals surface area contributed by atoms with Crippen molar-refractivity contribution in [2.75, 3.05) is 0 Å². The van der Waals surface area contributed by atoms with Crippen LogP contribution in [0.15, 0.2) is 0 Å². The highest BCUT2D eigenvalue weighted by molar-refractivity contribution is 6.69. The van der Waals surface area contributed by atoms with E-state index in [-0.39, 0.29) is 12.4 Å². The highest BCUT2D eigenvalue weighted by atomic mass is 35.5. The van der Waals surface area contributed by atoms with Gasteiger partial charge in [0.05, 0.1) is 0 Å². The summed E-state index contributed by atoms with van der Waals surface area (Å²) in [5, 5.41) is -1.05. The van der Waals surface area contributed by atoms with Crippen LogP contribution in [0.2, 0.25) is 0 Å². The van der Waals surface area contributed by atoms with Gasteiger partial charge in [0.25, 0.3) is 0 Å². The lowest BCUT2D eigenvalue weighted by atomic mass is 10.5. The second-order valence-electron chi connectivity index (χ2n) is 0.920. The molecule has 44 valence electrons. The average Bonchev–Trinajstić information content (AvgIpc) is 1.36. The van der Waals surface area contributed by atoms with Gasteiger partial charge in [-0.3, -0.25) is 4.79 Å². The molecular weight excluding hydrogens is 158 g/mol. The van der Waals surface area contributed by atoms with Crippen LogP contribution in [0.25, 0.3) is 0 Å². The summed E-state index contributed by atoms with van der Waals surface area (Å²) in [5.74, 6) is 0. The van der Waals surface area contributed by atoms with Gasteiger partial charge in [0.1, 0.15) is 5.38 Å². The summed E-state index contributed by atoms with van der Waals surface area (Å²) in [5.41, 5.74) is 0. The first-order valence-corrected chi connectivity index (χ1v) is 2.29. The van der Waals surface area contributed by atoms with Gasteiger partial charge in [-0.1, -0.05) is 0 Å². The van der Waals surface area contributed by atoms with Crippen LogP contribution in [0, 0.1) is 0 Å². The Morgan fingerprint density at radius 1 is 1.71 bits per heavy atom. The maximum absolute atomic E-state index is 9.78. The number of alkyl halides is 1. The highest BCUT2D eigenvalue weighted by Gasteiger charge is 2.01. The third-order valence-electron chi connectivity index (χ3n) is 0.313. The predicted molar refractivity (Wildman–Crippen MR) is 33.4 cm³/mol. The molecule has 0 aromatic rings. The molecular formula is C3H5Cl3O. The van der Waals surface area contributed by atoms with E-state index in [9.17, 15) is 4.79 Å². The zero-order valence-electron chi connectivity index (χ0n) is 3.65. The minimum absolute atomic E-state index is 0. The summed E-state index contributed by atoms with van der Waals surface area (Å²) >= 11 is 9.97. The number of carbonyl (C=O) groups excluding carboxylic acids is 1. The Labute approximate surface area is 58.4 Å². The quantitative estimate of drug-likeness (QED) is 0.426. The van der Waals surface area contributed by atoms with Gasteiger partial charge in [-0.05, 0) is 18.5 Å². The molecule has 0 N–H and O–H groups in total. The van der Waals surface area contributed by atoms with Gasteiger partial charge in [0.15, 0.2) is 0 Å². The van der Waals surface area contributed by atoms with Crippen molar-refractivity contribution in [3.8, 4) is 0 Å². The predicted octanol–water partition coefficient (Wildman–Crippen LogP) is 1.80. The Balaban J connectivity index is 0. The van der Waals surface area contributed by atoms with E-state index in [4.69, 9.17) is 23.2 Å². The van der Waals surface area contributed by atoms with Gasteiger partial charge >= 0.3 is 0 Å². The summed E-state index contributed by atoms with van der Waals surface area (Å²) in [6, 6.07) is 0. The molecule has 0 radical (unpaired) electrons. The molecule has 0 fully saturated rings. The minimum atomic E-state index is -0.549. The molecule has 1 unspecified atom stereocenters. The zero-order chi connectivity index (χ0) is 5.15. The summed E-state index contributed by atoms with van der Waals surface area (Å²) in [6.07, 6.45) is 0. The van der Waals surface area contributed by atoms with E-state index in [0.29, 0.717) is 0 Å². The van der Waals surface area contributed by atoms with Gasteiger partial charge in [0, 0.05) is 0 Å². The second-order valence-corrected chi connectivity index (χ2v) is 1.95. The molecule has 0 spiro atoms. The molecule has 7 heavy (non-hydrogen) atoms. The van der Waals surface area contributed by atoms with Crippen molar-refractivity contribution in [1.82, 2.24) is 0 Å². The van der Waals surface area contributed by atoms with Crippen LogP contribution in [0.3, 0.4) is 0 Å². The van der Waals surface area contributed by atoms with Crippen molar-refractivity contribution in [2.24, 2.45) is 0 Å². The Hall–Kier alpha value is 0.540. The van der Waals surface area contributed by atoms with E-state index >= 15 is 0 Å². The van der Waals surface area contributed by atoms with Crippen molar-refractivity contribution >= 4 is 40.9 Å². The van der Waals surface area contributed by atoms with E-state index in [1.165, 1.54) is 6.92 Å². The normalized spacial score (nSPS) is 11.9. The lowest BCUT2D eigenvalue weighted by molar-refractivity contribution is -0.111. The number of rotatable bonds is 1. The van der Waals surface area contributed by atoms with Crippen LogP contribution >= 0.6 is 35.6 Å². The van der Waals surface area contributed by atoms with Crippen molar-refractivity contribution in [1.29, 1.82) is 0 Å². The molecule has 1 nitrogen and oxygen atoms in total. The molecule has 4 heteroatoms. The van der Waals surface area contributed by atoms with Crippen molar-refractivity contribution in [3.63, 3.8) is 0 Å². The smallest absolute Gasteiger partial charge is 0.239 e. The van der Waals surface area contributed by atoms with E-state index in [1.54, 1.807) is 0 Å². The van der Waals surface area contributed by atoms with Crippen LogP contribution in [0.1, 0.15) is 6.92 Å². The Kier molecular flexibility index (Phi) is 7.04. The highest BCUT2D eigenvalue weighted by Crippen LogP contribution is 1.96. The number of hydrogen-bond donors (Lipinski definition) is 0. The summed E-state index contributed by atoms with van der Waals surface area (Å²) in [4.78, 5) is 9.78. The fraction of sp³-hybridized carbons (Fsp3) is 0.667. The fourth-order valence-corrected chi connectivity index (χ4v) is 0. The zero-order valence-corrected chi connectivity index (χ0v) is 5.98. The molecule has 0 amide bonds. The molecule has 0 aromatic heterocycles. The fourth-order valence-electron chi connectivity index (χ4n) is 0. The van der Waals surface area contributed by atoms with Crippen LogP contribution in [0.4, 0.5) is 0 Å². The van der Waals surface area contributed by atoms with E-state index in [0.717, 1.165) is 0 Å². The van der Waals surface area contributed by atoms with E-state index < -0.39 is 10.6 Å². The van der Waals surface area contributed by atoms with Gasteiger partial charge < -0.3 is 0 Å². The average molecular weight is 163 g/mol. The molecule has 0 heterocycles. The van der Waals surface area contributed by atoms with Crippen molar-refractivity contribution in [2.45, 2.75) is 12.3 Å². The number of carbonyl (C=O) groups is 1. The van der Waals surface area contributed by atoms with Gasteiger partial charge in [0.2, 0.25) is 5.24 Å². The first-order valence-electron chi connectivity index (χ1n) is 1.48. The second kappa shape index (κ2) is 4.69. The van der Waals surface area contributed by atoms with Crippen LogP contribution in [0.5, 0.6) is 0 Å². The lowest BCUT2D eigenvalue weighted by Gasteiger charge is -1.85. The third kappa shape index (κ3) is 6.54. The molecule has 0 aliphatic carbocycles. The standard InChI is InChI=1S/C3H4Cl2O.ClH/c1-2(4)3(5)6;/h2H,1H3;1H. The van der Waals surface area contributed by atoms with E-state index in [2.05, 4.69) is 0 Å². The maximum Gasteiger partial charge on any atom is 0.239 e. The number of hydrogen-bond acceptors (Lipinski definition) is 1. The molecule has 0 saturated carbocycles. The molecule has 0 bridgehead atoms. The molecule has 0 aliphatic rings. The van der Waals surface area contributed by atoms with Crippen LogP contribution < -0.4 is 0 Å². The van der Waals surface area contributed by atoms with Crippen molar-refractivity contribution in [3.05, 3.63) is 0 Å². The SMILES string of the molecule is CC(Cl)C(=O)Cl.Cl. The molecule has 0 rings (SSSR count). The van der Waals surface area contributed by atoms with Gasteiger partial charge in [-0.25, -0.2) is 0 Å². The molecule has 0 aliphatic heterocycles. The number of halogens is 3. The van der Waals surface area contributed by atoms with Crippen LogP contribution in [-0.4, -0.2) is 10.6 Å².